The highest BCUT2D eigenvalue weighted by Gasteiger charge is 2.16. The van der Waals surface area contributed by atoms with Gasteiger partial charge >= 0.3 is 0 Å². The molecule has 2 heterocycles. The van der Waals surface area contributed by atoms with Crippen molar-refractivity contribution in [2.24, 2.45) is 0 Å². The molecule has 2 bridgehead atoms. The molecule has 7 nitrogen and oxygen atoms in total. The maximum atomic E-state index is 14.4. The summed E-state index contributed by atoms with van der Waals surface area (Å²) in [5, 5.41) is 8.86. The van der Waals surface area contributed by atoms with Crippen molar-refractivity contribution in [3.05, 3.63) is 53.3 Å². The quantitative estimate of drug-likeness (QED) is 0.667. The molecule has 160 valence electrons. The molecule has 0 unspecified atom stereocenters. The Morgan fingerprint density at radius 1 is 1.00 bits per heavy atom. The molecule has 0 radical (unpaired) electrons. The lowest BCUT2D eigenvalue weighted by Gasteiger charge is -2.15. The molecule has 2 aromatic carbocycles. The van der Waals surface area contributed by atoms with Gasteiger partial charge in [-0.25, -0.2) is 4.39 Å². The van der Waals surface area contributed by atoms with Crippen LogP contribution in [0.5, 0.6) is 17.2 Å². The van der Waals surface area contributed by atoms with Crippen LogP contribution in [-0.4, -0.2) is 38.6 Å². The van der Waals surface area contributed by atoms with Crippen LogP contribution < -0.4 is 25.4 Å². The van der Waals surface area contributed by atoms with E-state index in [1.807, 2.05) is 0 Å². The number of nitrogens with one attached hydrogen (secondary N) is 3. The Morgan fingerprint density at radius 3 is 2.67 bits per heavy atom. The summed E-state index contributed by atoms with van der Waals surface area (Å²) in [5.74, 6) is 0.119. The molecular formula is C22H26FN3O4. The van der Waals surface area contributed by atoms with Crippen LogP contribution in [0.1, 0.15) is 35.2 Å². The van der Waals surface area contributed by atoms with Gasteiger partial charge in [0.15, 0.2) is 11.5 Å². The van der Waals surface area contributed by atoms with Crippen molar-refractivity contribution in [2.75, 3.05) is 26.7 Å². The third-order valence-corrected chi connectivity index (χ3v) is 4.76. The highest BCUT2D eigenvalue weighted by Crippen LogP contribution is 2.34. The van der Waals surface area contributed by atoms with Crippen molar-refractivity contribution in [3.8, 4) is 17.2 Å². The summed E-state index contributed by atoms with van der Waals surface area (Å²) in [6.07, 6.45) is 1.77. The molecule has 4 rings (SSSR count). The molecule has 8 heteroatoms. The molecule has 0 atom stereocenters. The molecule has 0 fully saturated rings. The first-order chi connectivity index (χ1) is 14.6. The van der Waals surface area contributed by atoms with Gasteiger partial charge in [0.05, 0.1) is 7.11 Å². The van der Waals surface area contributed by atoms with E-state index in [-0.39, 0.29) is 29.7 Å². The molecule has 2 aliphatic rings. The number of halogens is 1. The fourth-order valence-corrected chi connectivity index (χ4v) is 3.11. The maximum absolute atomic E-state index is 14.4. The Hall–Kier alpha value is -3.13. The van der Waals surface area contributed by atoms with Crippen molar-refractivity contribution in [3.63, 3.8) is 0 Å². The monoisotopic (exact) mass is 415 g/mol. The maximum Gasteiger partial charge on any atom is 0.251 e. The van der Waals surface area contributed by atoms with Crippen LogP contribution >= 0.6 is 0 Å². The number of carbonyl (C=O) groups excluding carboxylic acids is 2. The van der Waals surface area contributed by atoms with E-state index < -0.39 is 5.82 Å². The second-order valence-electron chi connectivity index (χ2n) is 6.92. The van der Waals surface area contributed by atoms with Gasteiger partial charge in [0.2, 0.25) is 5.91 Å². The van der Waals surface area contributed by atoms with E-state index in [4.69, 9.17) is 9.47 Å². The number of hydrogen-bond donors (Lipinski definition) is 3. The first-order valence-corrected chi connectivity index (χ1v) is 9.97. The van der Waals surface area contributed by atoms with E-state index in [1.165, 1.54) is 19.2 Å². The molecule has 0 aliphatic carbocycles. The molecule has 2 aromatic rings. The Kier molecular flexibility index (Phi) is 7.62. The van der Waals surface area contributed by atoms with Gasteiger partial charge in [-0.2, -0.15) is 0 Å². The minimum absolute atomic E-state index is 0.0110. The van der Waals surface area contributed by atoms with E-state index in [0.717, 1.165) is 13.0 Å². The summed E-state index contributed by atoms with van der Waals surface area (Å²) in [6, 6.07) is 9.29. The zero-order chi connectivity index (χ0) is 21.3. The van der Waals surface area contributed by atoms with Gasteiger partial charge in [-0.1, -0.05) is 6.07 Å². The Bertz CT molecular complexity index is 904. The third-order valence-electron chi connectivity index (χ3n) is 4.76. The van der Waals surface area contributed by atoms with Gasteiger partial charge in [0.25, 0.3) is 5.91 Å². The normalized spacial score (nSPS) is 16.2. The molecular weight excluding hydrogens is 389 g/mol. The number of methoxy groups -OCH3 is 1. The highest BCUT2D eigenvalue weighted by molar-refractivity contribution is 5.94. The van der Waals surface area contributed by atoms with E-state index >= 15 is 0 Å². The summed E-state index contributed by atoms with van der Waals surface area (Å²) in [7, 11) is 1.47. The SMILES string of the molecule is COc1cc2ccc1Oc1cccc(F)c1CNC(=O)CCCNCCCNC2=O. The van der Waals surface area contributed by atoms with Crippen LogP contribution in [0.4, 0.5) is 4.39 Å². The average molecular weight is 415 g/mol. The number of benzene rings is 2. The smallest absolute Gasteiger partial charge is 0.251 e. The first kappa shape index (κ1) is 21.6. The van der Waals surface area contributed by atoms with Crippen LogP contribution in [0.25, 0.3) is 0 Å². The summed E-state index contributed by atoms with van der Waals surface area (Å²) in [5.41, 5.74) is 0.683. The number of carbonyl (C=O) groups is 2. The van der Waals surface area contributed by atoms with Crippen LogP contribution in [0.15, 0.2) is 36.4 Å². The molecule has 0 spiro atoms. The topological polar surface area (TPSA) is 88.7 Å². The second kappa shape index (κ2) is 10.6. The predicted molar refractivity (Wildman–Crippen MR) is 110 cm³/mol. The Balaban J connectivity index is 1.89. The minimum Gasteiger partial charge on any atom is -0.493 e. The van der Waals surface area contributed by atoms with Crippen molar-refractivity contribution < 1.29 is 23.5 Å². The molecule has 0 saturated heterocycles. The summed E-state index contributed by atoms with van der Waals surface area (Å²) in [4.78, 5) is 24.5. The molecule has 0 saturated carbocycles. The van der Waals surface area contributed by atoms with Crippen LogP contribution in [0, 0.1) is 5.82 Å². The largest absolute Gasteiger partial charge is 0.493 e. The second-order valence-corrected chi connectivity index (χ2v) is 6.92. The molecule has 2 amide bonds. The summed E-state index contributed by atoms with van der Waals surface area (Å²) < 4.78 is 25.7. The van der Waals surface area contributed by atoms with E-state index in [1.54, 1.807) is 24.3 Å². The number of amides is 2. The van der Waals surface area contributed by atoms with Gasteiger partial charge in [-0.15, -0.1) is 0 Å². The molecule has 3 N–H and O–H groups in total. The van der Waals surface area contributed by atoms with Gasteiger partial charge in [0, 0.05) is 30.6 Å². The zero-order valence-corrected chi connectivity index (χ0v) is 16.9. The molecule has 0 aromatic heterocycles. The van der Waals surface area contributed by atoms with Crippen molar-refractivity contribution in [2.45, 2.75) is 25.8 Å². The number of hydrogen-bond acceptors (Lipinski definition) is 5. The summed E-state index contributed by atoms with van der Waals surface area (Å²) >= 11 is 0. The van der Waals surface area contributed by atoms with Gasteiger partial charge in [-0.3, -0.25) is 9.59 Å². The van der Waals surface area contributed by atoms with E-state index in [0.29, 0.717) is 43.0 Å². The average Bonchev–Trinajstić information content (AvgIpc) is 2.74. The van der Waals surface area contributed by atoms with Crippen LogP contribution in [0.3, 0.4) is 0 Å². The highest BCUT2D eigenvalue weighted by atomic mass is 19.1. The van der Waals surface area contributed by atoms with Gasteiger partial charge in [-0.05, 0) is 56.3 Å². The number of rotatable bonds is 1. The lowest BCUT2D eigenvalue weighted by molar-refractivity contribution is -0.121. The van der Waals surface area contributed by atoms with Crippen LogP contribution in [-0.2, 0) is 11.3 Å². The first-order valence-electron chi connectivity index (χ1n) is 9.97. The molecule has 2 aliphatic heterocycles. The van der Waals surface area contributed by atoms with Crippen molar-refractivity contribution in [1.29, 1.82) is 0 Å². The third kappa shape index (κ3) is 5.70. The lowest BCUT2D eigenvalue weighted by Crippen LogP contribution is -2.28. The summed E-state index contributed by atoms with van der Waals surface area (Å²) in [6.45, 7) is 1.96. The lowest BCUT2D eigenvalue weighted by atomic mass is 10.1. The number of ether oxygens (including phenoxy) is 2. The van der Waals surface area contributed by atoms with E-state index in [2.05, 4.69) is 16.0 Å². The fourth-order valence-electron chi connectivity index (χ4n) is 3.11. The van der Waals surface area contributed by atoms with Crippen LogP contribution in [0.2, 0.25) is 0 Å². The van der Waals surface area contributed by atoms with Gasteiger partial charge < -0.3 is 25.4 Å². The van der Waals surface area contributed by atoms with Crippen molar-refractivity contribution >= 4 is 11.8 Å². The Morgan fingerprint density at radius 2 is 1.83 bits per heavy atom. The number of fused-ring (bicyclic) bond motifs is 13. The fraction of sp³-hybridized carbons (Fsp3) is 0.364. The zero-order valence-electron chi connectivity index (χ0n) is 16.9. The molecule has 30 heavy (non-hydrogen) atoms. The minimum atomic E-state index is -0.477. The van der Waals surface area contributed by atoms with Gasteiger partial charge in [0.1, 0.15) is 11.6 Å². The standard InChI is InChI=1S/C22H26FN3O4/c1-29-20-13-15-8-9-19(20)30-18-6-2-5-17(23)16(18)14-26-21(27)7-3-10-24-11-4-12-25-22(15)28/h2,5-6,8-9,13,24H,3-4,7,10-12,14H2,1H3,(H,25,28)(H,26,27). The predicted octanol–water partition coefficient (Wildman–Crippen LogP) is 2.75. The Labute approximate surface area is 174 Å². The van der Waals surface area contributed by atoms with E-state index in [9.17, 15) is 14.0 Å². The van der Waals surface area contributed by atoms with Crippen molar-refractivity contribution in [1.82, 2.24) is 16.0 Å².